The Labute approximate surface area is 182 Å². The normalized spacial score (nSPS) is 23.2. The molecule has 6 heteroatoms. The number of piperidine rings is 1. The van der Waals surface area contributed by atoms with Crippen molar-refractivity contribution in [3.8, 4) is 0 Å². The van der Waals surface area contributed by atoms with Gasteiger partial charge in [-0.25, -0.2) is 0 Å². The molecule has 6 nitrogen and oxygen atoms in total. The molecule has 0 aliphatic carbocycles. The van der Waals surface area contributed by atoms with Crippen molar-refractivity contribution >= 4 is 5.96 Å². The van der Waals surface area contributed by atoms with Crippen LogP contribution in [0.1, 0.15) is 37.3 Å². The first-order valence-corrected chi connectivity index (χ1v) is 11.5. The highest BCUT2D eigenvalue weighted by molar-refractivity contribution is 5.80. The van der Waals surface area contributed by atoms with E-state index in [9.17, 15) is 0 Å². The molecule has 2 unspecified atom stereocenters. The third kappa shape index (κ3) is 7.25. The molecule has 0 saturated carbocycles. The number of nitrogens with zero attached hydrogens (tertiary/aromatic N) is 3. The summed E-state index contributed by atoms with van der Waals surface area (Å²) in [6.07, 6.45) is 3.86. The van der Waals surface area contributed by atoms with Crippen molar-refractivity contribution < 1.29 is 9.47 Å². The van der Waals surface area contributed by atoms with E-state index in [2.05, 4.69) is 51.3 Å². The number of likely N-dealkylation sites (tertiary alicyclic amines) is 2. The first-order chi connectivity index (χ1) is 14.7. The molecule has 2 aliphatic heterocycles. The molecule has 0 radical (unpaired) electrons. The van der Waals surface area contributed by atoms with Gasteiger partial charge in [0, 0.05) is 52.8 Å². The number of methoxy groups -OCH3 is 1. The number of hydrogen-bond donors (Lipinski definition) is 1. The fourth-order valence-electron chi connectivity index (χ4n) is 4.52. The smallest absolute Gasteiger partial charge is 0.193 e. The Balaban J connectivity index is 1.40. The van der Waals surface area contributed by atoms with Crippen LogP contribution in [-0.4, -0.2) is 75.9 Å². The summed E-state index contributed by atoms with van der Waals surface area (Å²) in [5.41, 5.74) is 2.71. The third-order valence-corrected chi connectivity index (χ3v) is 6.20. The first-order valence-electron chi connectivity index (χ1n) is 11.5. The van der Waals surface area contributed by atoms with Crippen LogP contribution >= 0.6 is 0 Å². The lowest BCUT2D eigenvalue weighted by molar-refractivity contribution is 0.0536. The Bertz CT molecular complexity index is 649. The Hall–Kier alpha value is -1.63. The zero-order valence-electron chi connectivity index (χ0n) is 19.1. The highest BCUT2D eigenvalue weighted by atomic mass is 16.5. The molecule has 2 saturated heterocycles. The van der Waals surface area contributed by atoms with Crippen LogP contribution in [0.25, 0.3) is 0 Å². The number of aliphatic imine (C=N–C) groups is 1. The number of guanidine groups is 1. The summed E-state index contributed by atoms with van der Waals surface area (Å²) in [7, 11) is 3.58. The van der Waals surface area contributed by atoms with Crippen molar-refractivity contribution in [2.24, 2.45) is 16.8 Å². The van der Waals surface area contributed by atoms with E-state index < -0.39 is 0 Å². The molecule has 2 aliphatic rings. The third-order valence-electron chi connectivity index (χ3n) is 6.20. The molecule has 1 aromatic rings. The Morgan fingerprint density at radius 2 is 1.90 bits per heavy atom. The SMILES string of the molecule is CN=C(NCc1ccc(CN2CCCC(C)C2)cc1)N1CCC(COCCOC)C1. The number of benzene rings is 1. The molecule has 0 spiro atoms. The van der Waals surface area contributed by atoms with Gasteiger partial charge in [-0.2, -0.15) is 0 Å². The summed E-state index contributed by atoms with van der Waals surface area (Å²) in [5.74, 6) is 2.38. The van der Waals surface area contributed by atoms with E-state index in [0.717, 1.165) is 51.1 Å². The number of nitrogens with one attached hydrogen (secondary N) is 1. The van der Waals surface area contributed by atoms with Gasteiger partial charge in [-0.1, -0.05) is 31.2 Å². The van der Waals surface area contributed by atoms with Crippen LogP contribution in [0.2, 0.25) is 0 Å². The zero-order valence-corrected chi connectivity index (χ0v) is 19.1. The van der Waals surface area contributed by atoms with Gasteiger partial charge in [0.1, 0.15) is 0 Å². The van der Waals surface area contributed by atoms with Crippen molar-refractivity contribution in [3.05, 3.63) is 35.4 Å². The predicted molar refractivity (Wildman–Crippen MR) is 123 cm³/mol. The second-order valence-corrected chi connectivity index (χ2v) is 8.87. The van der Waals surface area contributed by atoms with Crippen molar-refractivity contribution in [3.63, 3.8) is 0 Å². The van der Waals surface area contributed by atoms with E-state index >= 15 is 0 Å². The van der Waals surface area contributed by atoms with Crippen LogP contribution < -0.4 is 5.32 Å². The molecule has 1 aromatic carbocycles. The Kier molecular flexibility index (Phi) is 9.43. The summed E-state index contributed by atoms with van der Waals surface area (Å²) in [6.45, 7) is 10.9. The van der Waals surface area contributed by atoms with Crippen molar-refractivity contribution in [2.75, 3.05) is 60.2 Å². The van der Waals surface area contributed by atoms with Crippen molar-refractivity contribution in [1.29, 1.82) is 0 Å². The molecular weight excluding hydrogens is 376 g/mol. The van der Waals surface area contributed by atoms with Gasteiger partial charge in [0.25, 0.3) is 0 Å². The molecule has 2 fully saturated rings. The molecule has 30 heavy (non-hydrogen) atoms. The molecule has 2 heterocycles. The van der Waals surface area contributed by atoms with E-state index in [1.165, 1.54) is 37.1 Å². The molecule has 3 rings (SSSR count). The maximum absolute atomic E-state index is 5.70. The standard InChI is InChI=1S/C24H40N4O2/c1-20-5-4-11-27(16-20)17-22-8-6-21(7-9-22)15-26-24(25-2)28-12-10-23(18-28)19-30-14-13-29-3/h6-9,20,23H,4-5,10-19H2,1-3H3,(H,25,26). The van der Waals surface area contributed by atoms with Crippen LogP contribution in [0, 0.1) is 11.8 Å². The van der Waals surface area contributed by atoms with Crippen LogP contribution in [0.4, 0.5) is 0 Å². The minimum atomic E-state index is 0.567. The number of rotatable bonds is 9. The predicted octanol–water partition coefficient (Wildman–Crippen LogP) is 2.98. The minimum absolute atomic E-state index is 0.567. The van der Waals surface area contributed by atoms with Gasteiger partial charge in [0.05, 0.1) is 19.8 Å². The van der Waals surface area contributed by atoms with Gasteiger partial charge < -0.3 is 19.7 Å². The highest BCUT2D eigenvalue weighted by Crippen LogP contribution is 2.19. The minimum Gasteiger partial charge on any atom is -0.382 e. The molecule has 0 bridgehead atoms. The van der Waals surface area contributed by atoms with Crippen LogP contribution in [0.5, 0.6) is 0 Å². The summed E-state index contributed by atoms with van der Waals surface area (Å²) in [4.78, 5) is 9.43. The van der Waals surface area contributed by atoms with E-state index in [1.54, 1.807) is 7.11 Å². The second kappa shape index (κ2) is 12.3. The molecule has 2 atom stereocenters. The molecule has 168 valence electrons. The summed E-state index contributed by atoms with van der Waals surface area (Å²) < 4.78 is 10.7. The summed E-state index contributed by atoms with van der Waals surface area (Å²) in [5, 5.41) is 3.54. The largest absolute Gasteiger partial charge is 0.382 e. The lowest BCUT2D eigenvalue weighted by Gasteiger charge is -2.30. The lowest BCUT2D eigenvalue weighted by Crippen LogP contribution is -2.39. The lowest BCUT2D eigenvalue weighted by atomic mass is 9.99. The van der Waals surface area contributed by atoms with Gasteiger partial charge in [0.2, 0.25) is 0 Å². The van der Waals surface area contributed by atoms with Crippen molar-refractivity contribution in [1.82, 2.24) is 15.1 Å². The maximum Gasteiger partial charge on any atom is 0.193 e. The van der Waals surface area contributed by atoms with Crippen LogP contribution in [0.3, 0.4) is 0 Å². The second-order valence-electron chi connectivity index (χ2n) is 8.87. The zero-order chi connectivity index (χ0) is 21.2. The topological polar surface area (TPSA) is 49.3 Å². The molecule has 0 aromatic heterocycles. The highest BCUT2D eigenvalue weighted by Gasteiger charge is 2.25. The molecule has 1 N–H and O–H groups in total. The molecule has 0 amide bonds. The number of hydrogen-bond acceptors (Lipinski definition) is 4. The van der Waals surface area contributed by atoms with Gasteiger partial charge in [0.15, 0.2) is 5.96 Å². The van der Waals surface area contributed by atoms with E-state index in [0.29, 0.717) is 19.1 Å². The van der Waals surface area contributed by atoms with Crippen molar-refractivity contribution in [2.45, 2.75) is 39.3 Å². The quantitative estimate of drug-likeness (QED) is 0.381. The van der Waals surface area contributed by atoms with Gasteiger partial charge in [-0.3, -0.25) is 9.89 Å². The monoisotopic (exact) mass is 416 g/mol. The van der Waals surface area contributed by atoms with Crippen LogP contribution in [-0.2, 0) is 22.6 Å². The average molecular weight is 417 g/mol. The van der Waals surface area contributed by atoms with Gasteiger partial charge in [-0.15, -0.1) is 0 Å². The van der Waals surface area contributed by atoms with E-state index in [1.807, 2.05) is 7.05 Å². The van der Waals surface area contributed by atoms with E-state index in [-0.39, 0.29) is 0 Å². The van der Waals surface area contributed by atoms with Crippen LogP contribution in [0.15, 0.2) is 29.3 Å². The molecular formula is C24H40N4O2. The fraction of sp³-hybridized carbons (Fsp3) is 0.708. The fourth-order valence-corrected chi connectivity index (χ4v) is 4.52. The van der Waals surface area contributed by atoms with Gasteiger partial charge >= 0.3 is 0 Å². The van der Waals surface area contributed by atoms with E-state index in [4.69, 9.17) is 9.47 Å². The van der Waals surface area contributed by atoms with Gasteiger partial charge in [-0.05, 0) is 42.9 Å². The summed E-state index contributed by atoms with van der Waals surface area (Å²) in [6, 6.07) is 9.06. The number of ether oxygens (including phenoxy) is 2. The average Bonchev–Trinajstić information content (AvgIpc) is 3.22. The maximum atomic E-state index is 5.70. The Morgan fingerprint density at radius 1 is 1.10 bits per heavy atom. The Morgan fingerprint density at radius 3 is 2.63 bits per heavy atom. The summed E-state index contributed by atoms with van der Waals surface area (Å²) >= 11 is 0. The first kappa shape index (κ1) is 23.0.